The van der Waals surface area contributed by atoms with E-state index in [1.165, 1.54) is 28.8 Å². The predicted molar refractivity (Wildman–Crippen MR) is 118 cm³/mol. The van der Waals surface area contributed by atoms with E-state index in [4.69, 9.17) is 9.63 Å². The van der Waals surface area contributed by atoms with Crippen molar-refractivity contribution in [1.82, 2.24) is 14.7 Å². The summed E-state index contributed by atoms with van der Waals surface area (Å²) in [6.07, 6.45) is -2.84. The zero-order valence-corrected chi connectivity index (χ0v) is 18.0. The van der Waals surface area contributed by atoms with Crippen molar-refractivity contribution >= 4 is 5.97 Å². The second-order valence-electron chi connectivity index (χ2n) is 7.59. The summed E-state index contributed by atoms with van der Waals surface area (Å²) < 4.78 is 47.6. The molecule has 0 saturated carbocycles. The average Bonchev–Trinajstić information content (AvgIpc) is 3.29. The van der Waals surface area contributed by atoms with Crippen LogP contribution in [-0.4, -0.2) is 32.1 Å². The lowest BCUT2D eigenvalue weighted by atomic mass is 10.1. The maximum atomic E-state index is 12.4. The van der Waals surface area contributed by atoms with E-state index in [2.05, 4.69) is 14.9 Å². The van der Waals surface area contributed by atoms with Crippen molar-refractivity contribution in [2.75, 3.05) is 0 Å². The van der Waals surface area contributed by atoms with Gasteiger partial charge >= 0.3 is 12.3 Å². The van der Waals surface area contributed by atoms with E-state index in [0.29, 0.717) is 17.5 Å². The molecule has 0 amide bonds. The minimum atomic E-state index is -4.79. The summed E-state index contributed by atoms with van der Waals surface area (Å²) in [6.45, 7) is 0.245. The van der Waals surface area contributed by atoms with Crippen molar-refractivity contribution in [1.29, 1.82) is 0 Å². The van der Waals surface area contributed by atoms with Crippen molar-refractivity contribution in [3.63, 3.8) is 0 Å². The Morgan fingerprint density at radius 3 is 2.46 bits per heavy atom. The molecule has 0 aliphatic heterocycles. The number of rotatable bonds is 8. The maximum Gasteiger partial charge on any atom is 0.573 e. The van der Waals surface area contributed by atoms with Crippen molar-refractivity contribution < 1.29 is 32.3 Å². The molecule has 0 saturated heterocycles. The molecule has 180 valence electrons. The highest BCUT2D eigenvalue weighted by molar-refractivity contribution is 5.67. The standard InChI is InChI=1S/C24H18F3N3O5/c25-24(26,27)34-19-8-5-17(6-9-19)22-28-23(35-29-22)18-7-10-20(31)30(14-18)13-16-3-1-2-15(12-16)4-11-21(32)33/h1-3,5-10,12,14H,4,11,13H2,(H,32,33). The number of aromatic nitrogens is 3. The van der Waals surface area contributed by atoms with Gasteiger partial charge < -0.3 is 18.9 Å². The number of carbonyl (C=O) groups is 1. The fourth-order valence-electron chi connectivity index (χ4n) is 3.38. The molecule has 0 atom stereocenters. The van der Waals surface area contributed by atoms with Crippen molar-refractivity contribution in [3.8, 4) is 28.6 Å². The molecular weight excluding hydrogens is 467 g/mol. The largest absolute Gasteiger partial charge is 0.573 e. The highest BCUT2D eigenvalue weighted by Gasteiger charge is 2.31. The lowest BCUT2D eigenvalue weighted by Crippen LogP contribution is -2.19. The number of halogens is 3. The molecule has 4 aromatic rings. The molecule has 0 radical (unpaired) electrons. The Kier molecular flexibility index (Phi) is 6.67. The predicted octanol–water partition coefficient (Wildman–Crippen LogP) is 4.53. The number of carboxylic acids is 1. The van der Waals surface area contributed by atoms with Gasteiger partial charge in [-0.2, -0.15) is 4.98 Å². The van der Waals surface area contributed by atoms with Crippen LogP contribution in [0.5, 0.6) is 5.75 Å². The van der Waals surface area contributed by atoms with E-state index >= 15 is 0 Å². The zero-order chi connectivity index (χ0) is 25.0. The summed E-state index contributed by atoms with van der Waals surface area (Å²) in [5, 5.41) is 12.7. The molecule has 2 aromatic heterocycles. The smallest absolute Gasteiger partial charge is 0.481 e. The molecule has 8 nitrogen and oxygen atoms in total. The molecule has 0 bridgehead atoms. The summed E-state index contributed by atoms with van der Waals surface area (Å²) >= 11 is 0. The monoisotopic (exact) mass is 485 g/mol. The lowest BCUT2D eigenvalue weighted by molar-refractivity contribution is -0.274. The minimum absolute atomic E-state index is 0.0104. The SMILES string of the molecule is O=C(O)CCc1cccc(Cn2cc(-c3nc(-c4ccc(OC(F)(F)F)cc4)no3)ccc2=O)c1. The first-order chi connectivity index (χ1) is 16.7. The van der Waals surface area contributed by atoms with E-state index in [1.807, 2.05) is 18.2 Å². The summed E-state index contributed by atoms with van der Waals surface area (Å²) in [5.41, 5.74) is 2.30. The highest BCUT2D eigenvalue weighted by Crippen LogP contribution is 2.26. The summed E-state index contributed by atoms with van der Waals surface area (Å²) in [4.78, 5) is 27.5. The van der Waals surface area contributed by atoms with Gasteiger partial charge in [0, 0.05) is 24.2 Å². The number of aliphatic carboxylic acids is 1. The number of benzene rings is 2. The van der Waals surface area contributed by atoms with Crippen LogP contribution in [0.2, 0.25) is 0 Å². The second-order valence-corrected chi connectivity index (χ2v) is 7.59. The Bertz CT molecular complexity index is 1390. The molecule has 0 aliphatic carbocycles. The van der Waals surface area contributed by atoms with Crippen LogP contribution in [0.15, 0.2) is 76.2 Å². The molecule has 0 spiro atoms. The van der Waals surface area contributed by atoms with Crippen LogP contribution in [-0.2, 0) is 17.8 Å². The van der Waals surface area contributed by atoms with Gasteiger partial charge in [0.2, 0.25) is 5.82 Å². The molecular formula is C24H18F3N3O5. The molecule has 0 aliphatic rings. The van der Waals surface area contributed by atoms with Gasteiger partial charge in [-0.25, -0.2) is 0 Å². The van der Waals surface area contributed by atoms with Gasteiger partial charge in [0.05, 0.1) is 12.1 Å². The number of alkyl halides is 3. The molecule has 2 aromatic carbocycles. The van der Waals surface area contributed by atoms with E-state index in [9.17, 15) is 22.8 Å². The first-order valence-corrected chi connectivity index (χ1v) is 10.4. The summed E-state index contributed by atoms with van der Waals surface area (Å²) in [5.74, 6) is -0.977. The number of hydrogen-bond acceptors (Lipinski definition) is 6. The van der Waals surface area contributed by atoms with Crippen LogP contribution >= 0.6 is 0 Å². The maximum absolute atomic E-state index is 12.4. The topological polar surface area (TPSA) is 107 Å². The van der Waals surface area contributed by atoms with Crippen LogP contribution in [0.1, 0.15) is 17.5 Å². The fraction of sp³-hybridized carbons (Fsp3) is 0.167. The number of carboxylic acid groups (broad SMARTS) is 1. The van der Waals surface area contributed by atoms with Gasteiger partial charge in [-0.3, -0.25) is 9.59 Å². The molecule has 11 heteroatoms. The Labute approximate surface area is 196 Å². The second kappa shape index (κ2) is 9.84. The Morgan fingerprint density at radius 1 is 1.03 bits per heavy atom. The van der Waals surface area contributed by atoms with E-state index < -0.39 is 12.3 Å². The van der Waals surface area contributed by atoms with Crippen LogP contribution in [0.4, 0.5) is 13.2 Å². The molecule has 0 unspecified atom stereocenters. The average molecular weight is 485 g/mol. The third-order valence-electron chi connectivity index (χ3n) is 4.97. The number of aryl methyl sites for hydroxylation is 1. The summed E-state index contributed by atoms with van der Waals surface area (Å²) in [6, 6.07) is 15.2. The number of ether oxygens (including phenoxy) is 1. The first-order valence-electron chi connectivity index (χ1n) is 10.4. The van der Waals surface area contributed by atoms with Crippen molar-refractivity contribution in [3.05, 3.63) is 88.3 Å². The number of nitrogens with zero attached hydrogens (tertiary/aromatic N) is 3. The van der Waals surface area contributed by atoms with E-state index in [0.717, 1.165) is 23.3 Å². The Balaban J connectivity index is 1.52. The third-order valence-corrected chi connectivity index (χ3v) is 4.97. The third kappa shape index (κ3) is 6.34. The Morgan fingerprint density at radius 2 is 1.74 bits per heavy atom. The van der Waals surface area contributed by atoms with Gasteiger partial charge in [0.25, 0.3) is 11.4 Å². The van der Waals surface area contributed by atoms with Crippen LogP contribution in [0, 0.1) is 0 Å². The van der Waals surface area contributed by atoms with E-state index in [-0.39, 0.29) is 36.0 Å². The highest BCUT2D eigenvalue weighted by atomic mass is 19.4. The normalized spacial score (nSPS) is 11.4. The number of hydrogen-bond donors (Lipinski definition) is 1. The van der Waals surface area contributed by atoms with Gasteiger partial charge in [-0.15, -0.1) is 13.2 Å². The fourth-order valence-corrected chi connectivity index (χ4v) is 3.38. The van der Waals surface area contributed by atoms with Crippen molar-refractivity contribution in [2.45, 2.75) is 25.7 Å². The van der Waals surface area contributed by atoms with Crippen LogP contribution in [0.25, 0.3) is 22.8 Å². The lowest BCUT2D eigenvalue weighted by Gasteiger charge is -2.08. The van der Waals surface area contributed by atoms with Gasteiger partial charge in [-0.1, -0.05) is 29.4 Å². The molecule has 4 rings (SSSR count). The van der Waals surface area contributed by atoms with Gasteiger partial charge in [0.15, 0.2) is 0 Å². The van der Waals surface area contributed by atoms with Gasteiger partial charge in [0.1, 0.15) is 5.75 Å². The molecule has 0 fully saturated rings. The number of pyridine rings is 1. The zero-order valence-electron chi connectivity index (χ0n) is 18.0. The van der Waals surface area contributed by atoms with E-state index in [1.54, 1.807) is 12.3 Å². The molecule has 2 heterocycles. The molecule has 1 N–H and O–H groups in total. The van der Waals surface area contributed by atoms with Gasteiger partial charge in [-0.05, 0) is 47.9 Å². The van der Waals surface area contributed by atoms with Crippen LogP contribution < -0.4 is 10.3 Å². The quantitative estimate of drug-likeness (QED) is 0.391. The minimum Gasteiger partial charge on any atom is -0.481 e. The Hall–Kier alpha value is -4.41. The van der Waals surface area contributed by atoms with Crippen LogP contribution in [0.3, 0.4) is 0 Å². The first kappa shape index (κ1) is 23.7. The molecule has 35 heavy (non-hydrogen) atoms. The summed E-state index contributed by atoms with van der Waals surface area (Å²) in [7, 11) is 0. The van der Waals surface area contributed by atoms with Crippen molar-refractivity contribution in [2.24, 2.45) is 0 Å².